The average Bonchev–Trinajstić information content (AvgIpc) is 2.25. The van der Waals surface area contributed by atoms with Gasteiger partial charge in [-0.25, -0.2) is 0 Å². The van der Waals surface area contributed by atoms with Crippen LogP contribution in [-0.4, -0.2) is 11.1 Å². The van der Waals surface area contributed by atoms with Gasteiger partial charge in [0.25, 0.3) is 0 Å². The van der Waals surface area contributed by atoms with Gasteiger partial charge < -0.3 is 17.2 Å². The Kier molecular flexibility index (Phi) is 6.53. The first-order valence-electron chi connectivity index (χ1n) is 4.34. The smallest absolute Gasteiger partial charge is 0.208 e. The molecule has 0 aliphatic carbocycles. The van der Waals surface area contributed by atoms with Gasteiger partial charge in [0, 0.05) is 0 Å². The number of nitrogens with one attached hydrogen (secondary N) is 3. The fourth-order valence-electron chi connectivity index (χ4n) is 0.891. The lowest BCUT2D eigenvalue weighted by atomic mass is 10.3. The molecule has 0 spiro atoms. The average molecular weight is 276 g/mol. The zero-order valence-corrected chi connectivity index (χ0v) is 10.4. The minimum Gasteiger partial charge on any atom is -0.375 e. The molecule has 1 aromatic rings. The number of halogens is 1. The zero-order chi connectivity index (χ0) is 12.0. The highest BCUT2D eigenvalue weighted by atomic mass is 35.5. The van der Waals surface area contributed by atoms with Crippen LogP contribution in [0.1, 0.15) is 0 Å². The lowest BCUT2D eigenvalue weighted by molar-refractivity contribution is 1.13. The number of benzene rings is 1. The molecule has 0 aliphatic rings. The van der Waals surface area contributed by atoms with Crippen molar-refractivity contribution in [1.82, 2.24) is 5.43 Å². The highest BCUT2D eigenvalue weighted by Gasteiger charge is 1.93. The van der Waals surface area contributed by atoms with Crippen LogP contribution in [0.5, 0.6) is 0 Å². The summed E-state index contributed by atoms with van der Waals surface area (Å²) in [5.41, 5.74) is 25.2. The monoisotopic (exact) mass is 275 g/mol. The van der Waals surface area contributed by atoms with E-state index in [9.17, 15) is 0 Å². The second-order valence-corrected chi connectivity index (χ2v) is 3.28. The largest absolute Gasteiger partial charge is 0.375 e. The van der Waals surface area contributed by atoms with E-state index in [1.165, 1.54) is 0 Å². The minimum absolute atomic E-state index is 0. The maximum Gasteiger partial charge on any atom is 0.208 e. The van der Waals surface area contributed by atoms with Gasteiger partial charge >= 0.3 is 0 Å². The number of hydrogen-bond donors (Lipinski definition) is 6. The quantitative estimate of drug-likeness (QED) is 0.196. The normalized spacial score (nSPS) is 8.47. The molecule has 0 bridgehead atoms. The molecule has 0 aliphatic heterocycles. The van der Waals surface area contributed by atoms with Crippen molar-refractivity contribution in [3.8, 4) is 0 Å². The van der Waals surface area contributed by atoms with Crippen molar-refractivity contribution in [3.63, 3.8) is 0 Å². The van der Waals surface area contributed by atoms with Crippen LogP contribution in [0.25, 0.3) is 0 Å². The Morgan fingerprint density at radius 3 is 2.06 bits per heavy atom. The van der Waals surface area contributed by atoms with Gasteiger partial charge in [0.15, 0.2) is 5.11 Å². The number of rotatable bonds is 4. The number of nitrogens with two attached hydrogens (primary N) is 3. The molecule has 9 heteroatoms. The fraction of sp³-hybridized carbons (Fsp3) is 0. The summed E-state index contributed by atoms with van der Waals surface area (Å²) in [6, 6.07) is 7.18. The van der Waals surface area contributed by atoms with Crippen LogP contribution in [0.2, 0.25) is 0 Å². The van der Waals surface area contributed by atoms with E-state index >= 15 is 0 Å². The molecule has 0 fully saturated rings. The van der Waals surface area contributed by atoms with Gasteiger partial charge in [-0.3, -0.25) is 16.3 Å². The summed E-state index contributed by atoms with van der Waals surface area (Å²) in [5, 5.41) is 3.81. The Morgan fingerprint density at radius 1 is 1.06 bits per heavy atom. The third kappa shape index (κ3) is 6.28. The van der Waals surface area contributed by atoms with Crippen molar-refractivity contribution in [1.29, 1.82) is 0 Å². The molecule has 1 aromatic carbocycles. The molecule has 0 unspecified atom stereocenters. The minimum atomic E-state index is -0.0302. The first-order chi connectivity index (χ1) is 7.58. The molecule has 17 heavy (non-hydrogen) atoms. The van der Waals surface area contributed by atoms with Gasteiger partial charge in [-0.05, 0) is 36.5 Å². The van der Waals surface area contributed by atoms with Gasteiger partial charge in [0.2, 0.25) is 5.96 Å². The molecular weight excluding hydrogens is 262 g/mol. The van der Waals surface area contributed by atoms with Crippen molar-refractivity contribution in [2.75, 3.05) is 10.9 Å². The van der Waals surface area contributed by atoms with E-state index in [0.717, 1.165) is 11.4 Å². The van der Waals surface area contributed by atoms with Gasteiger partial charge in [-0.2, -0.15) is 0 Å². The summed E-state index contributed by atoms with van der Waals surface area (Å²) < 4.78 is 0. The molecule has 0 saturated carbocycles. The Labute approximate surface area is 110 Å². The standard InChI is InChI=1S/C8H13N7S.ClH/c9-7(10)14-12-5-1-3-6(4-2-5)13-15-8(11)16;/h1-4,12-13H,(H4,9,10,14)(H3,11,15,16);1H. The van der Waals surface area contributed by atoms with Crippen molar-refractivity contribution in [2.45, 2.75) is 0 Å². The van der Waals surface area contributed by atoms with Crippen molar-refractivity contribution < 1.29 is 0 Å². The highest BCUT2D eigenvalue weighted by Crippen LogP contribution is 2.12. The van der Waals surface area contributed by atoms with Gasteiger partial charge in [-0.1, -0.05) is 0 Å². The summed E-state index contributed by atoms with van der Waals surface area (Å²) in [6.07, 6.45) is 0. The summed E-state index contributed by atoms with van der Waals surface area (Å²) in [5.74, 6) is -0.0302. The molecule has 0 heterocycles. The number of guanidine groups is 1. The van der Waals surface area contributed by atoms with Crippen LogP contribution in [0.4, 0.5) is 11.4 Å². The topological polar surface area (TPSA) is 127 Å². The molecular formula is C8H14ClN7S. The summed E-state index contributed by atoms with van der Waals surface area (Å²) >= 11 is 4.64. The van der Waals surface area contributed by atoms with E-state index in [0.29, 0.717) is 0 Å². The Balaban J connectivity index is 0.00000256. The maximum absolute atomic E-state index is 5.25. The van der Waals surface area contributed by atoms with Crippen LogP contribution in [0.15, 0.2) is 29.4 Å². The van der Waals surface area contributed by atoms with Crippen LogP contribution in [0, 0.1) is 0 Å². The summed E-state index contributed by atoms with van der Waals surface area (Å²) in [6.45, 7) is 0. The van der Waals surface area contributed by atoms with E-state index in [-0.39, 0.29) is 23.5 Å². The van der Waals surface area contributed by atoms with E-state index in [1.807, 2.05) is 0 Å². The van der Waals surface area contributed by atoms with Gasteiger partial charge in [0.1, 0.15) is 0 Å². The Bertz CT molecular complexity index is 387. The van der Waals surface area contributed by atoms with Crippen LogP contribution in [0.3, 0.4) is 0 Å². The third-order valence-corrected chi connectivity index (χ3v) is 1.63. The zero-order valence-electron chi connectivity index (χ0n) is 8.81. The molecule has 7 nitrogen and oxygen atoms in total. The second kappa shape index (κ2) is 7.36. The SMILES string of the molecule is Cl.NC(=S)NNc1ccc(NN=C(N)N)cc1. The number of hydrazine groups is 1. The molecule has 1 rings (SSSR count). The van der Waals surface area contributed by atoms with Crippen LogP contribution in [-0.2, 0) is 0 Å². The van der Waals surface area contributed by atoms with Crippen LogP contribution < -0.4 is 33.5 Å². The Morgan fingerprint density at radius 2 is 1.59 bits per heavy atom. The lowest BCUT2D eigenvalue weighted by Crippen LogP contribution is -2.33. The third-order valence-electron chi connectivity index (χ3n) is 1.53. The summed E-state index contributed by atoms with van der Waals surface area (Å²) in [7, 11) is 0. The first-order valence-corrected chi connectivity index (χ1v) is 4.75. The lowest BCUT2D eigenvalue weighted by Gasteiger charge is -2.08. The number of anilines is 2. The van der Waals surface area contributed by atoms with E-state index in [4.69, 9.17) is 17.2 Å². The van der Waals surface area contributed by atoms with Crippen LogP contribution >= 0.6 is 24.6 Å². The number of nitrogens with zero attached hydrogens (tertiary/aromatic N) is 1. The van der Waals surface area contributed by atoms with E-state index in [2.05, 4.69) is 33.6 Å². The Hall–Kier alpha value is -1.93. The number of hydrazone groups is 1. The van der Waals surface area contributed by atoms with Crippen molar-refractivity contribution in [2.24, 2.45) is 22.3 Å². The molecule has 94 valence electrons. The molecule has 0 radical (unpaired) electrons. The van der Waals surface area contributed by atoms with E-state index < -0.39 is 0 Å². The summed E-state index contributed by atoms with van der Waals surface area (Å²) in [4.78, 5) is 0. The molecule has 0 saturated heterocycles. The molecule has 0 atom stereocenters. The van der Waals surface area contributed by atoms with Crippen molar-refractivity contribution in [3.05, 3.63) is 24.3 Å². The predicted molar refractivity (Wildman–Crippen MR) is 76.7 cm³/mol. The molecule has 0 aromatic heterocycles. The first kappa shape index (κ1) is 15.1. The van der Waals surface area contributed by atoms with Gasteiger partial charge in [-0.15, -0.1) is 17.5 Å². The number of hydrogen-bond acceptors (Lipinski definition) is 4. The van der Waals surface area contributed by atoms with E-state index in [1.54, 1.807) is 24.3 Å². The maximum atomic E-state index is 5.25. The predicted octanol–water partition coefficient (Wildman–Crippen LogP) is -0.131. The highest BCUT2D eigenvalue weighted by molar-refractivity contribution is 7.80. The van der Waals surface area contributed by atoms with Crippen molar-refractivity contribution >= 4 is 47.1 Å². The molecule has 0 amide bonds. The van der Waals surface area contributed by atoms with Gasteiger partial charge in [0.05, 0.1) is 11.4 Å². The number of thiocarbonyl (C=S) groups is 1. The fourth-order valence-corrected chi connectivity index (χ4v) is 0.942. The second-order valence-electron chi connectivity index (χ2n) is 2.84. The molecule has 9 N–H and O–H groups in total.